The lowest BCUT2D eigenvalue weighted by molar-refractivity contribution is 0.663. The third-order valence-corrected chi connectivity index (χ3v) is 9.01. The van der Waals surface area contributed by atoms with Gasteiger partial charge in [-0.15, -0.1) is 0 Å². The van der Waals surface area contributed by atoms with Crippen molar-refractivity contribution in [3.63, 3.8) is 0 Å². The first-order chi connectivity index (χ1) is 20.6. The molecule has 0 atom stereocenters. The Morgan fingerprint density at radius 2 is 0.905 bits per heavy atom. The number of rotatable bonds is 5. The van der Waals surface area contributed by atoms with Crippen molar-refractivity contribution in [2.75, 3.05) is 4.90 Å². The van der Waals surface area contributed by atoms with Crippen LogP contribution in [-0.4, -0.2) is 0 Å². The molecular weight excluding hydrogens is 506 g/mol. The van der Waals surface area contributed by atoms with Gasteiger partial charge in [0.15, 0.2) is 0 Å². The smallest absolute Gasteiger partial charge is 0.0462 e. The van der Waals surface area contributed by atoms with Crippen molar-refractivity contribution in [2.45, 2.75) is 19.3 Å². The summed E-state index contributed by atoms with van der Waals surface area (Å²) in [6, 6.07) is 55.2. The lowest BCUT2D eigenvalue weighted by Crippen LogP contribution is -2.15. The highest BCUT2D eigenvalue weighted by Crippen LogP contribution is 2.50. The van der Waals surface area contributed by atoms with E-state index in [9.17, 15) is 0 Å². The van der Waals surface area contributed by atoms with Crippen molar-refractivity contribution in [1.82, 2.24) is 0 Å². The van der Waals surface area contributed by atoms with Crippen LogP contribution in [-0.2, 0) is 5.41 Å². The molecule has 0 saturated heterocycles. The van der Waals surface area contributed by atoms with Gasteiger partial charge in [-0.1, -0.05) is 117 Å². The third kappa shape index (κ3) is 3.85. The van der Waals surface area contributed by atoms with Gasteiger partial charge < -0.3 is 4.90 Å². The quantitative estimate of drug-likeness (QED) is 0.197. The molecule has 1 nitrogen and oxygen atoms in total. The minimum atomic E-state index is -0.0204. The molecular formula is C41H31N. The Morgan fingerprint density at radius 1 is 0.381 bits per heavy atom. The number of para-hydroxylation sites is 1. The van der Waals surface area contributed by atoms with E-state index >= 15 is 0 Å². The molecule has 0 saturated carbocycles. The van der Waals surface area contributed by atoms with Crippen LogP contribution in [0.1, 0.15) is 25.0 Å². The van der Waals surface area contributed by atoms with Gasteiger partial charge in [0.2, 0.25) is 0 Å². The van der Waals surface area contributed by atoms with Crippen LogP contribution >= 0.6 is 0 Å². The fourth-order valence-corrected chi connectivity index (χ4v) is 6.83. The zero-order valence-electron chi connectivity index (χ0n) is 23.9. The number of benzene rings is 7. The molecule has 0 bridgehead atoms. The monoisotopic (exact) mass is 537 g/mol. The van der Waals surface area contributed by atoms with Crippen molar-refractivity contribution in [3.8, 4) is 22.3 Å². The van der Waals surface area contributed by atoms with E-state index in [2.05, 4.69) is 170 Å². The Balaban J connectivity index is 1.19. The largest absolute Gasteiger partial charge is 0.311 e. The van der Waals surface area contributed by atoms with E-state index in [0.29, 0.717) is 0 Å². The minimum Gasteiger partial charge on any atom is -0.311 e. The molecule has 8 rings (SSSR count). The Hall–Kier alpha value is -5.14. The normalized spacial score (nSPS) is 13.2. The highest BCUT2D eigenvalue weighted by atomic mass is 15.1. The molecule has 0 amide bonds. The number of hydrogen-bond donors (Lipinski definition) is 0. The molecule has 42 heavy (non-hydrogen) atoms. The first-order valence-corrected chi connectivity index (χ1v) is 14.7. The summed E-state index contributed by atoms with van der Waals surface area (Å²) in [4.78, 5) is 2.33. The number of hydrogen-bond acceptors (Lipinski definition) is 1. The van der Waals surface area contributed by atoms with Crippen LogP contribution in [0.3, 0.4) is 0 Å². The first-order valence-electron chi connectivity index (χ1n) is 14.7. The molecule has 0 aromatic heterocycles. The molecule has 7 aromatic rings. The standard InChI is InChI=1S/C41H31N/c1-41(2)37-15-9-12-31-16-17-32-26-33(27-38(41)40(32)39(31)37)30-20-24-36(25-21-30)42(34-13-7-4-8-14-34)35-22-18-29(19-23-35)28-10-5-3-6-11-28/h3-27H,1-2H3. The second-order valence-corrected chi connectivity index (χ2v) is 11.8. The summed E-state index contributed by atoms with van der Waals surface area (Å²) in [5.41, 5.74) is 11.2. The first kappa shape index (κ1) is 24.6. The van der Waals surface area contributed by atoms with Crippen LogP contribution in [0, 0.1) is 0 Å². The van der Waals surface area contributed by atoms with Gasteiger partial charge in [0, 0.05) is 22.5 Å². The average molecular weight is 538 g/mol. The summed E-state index contributed by atoms with van der Waals surface area (Å²) >= 11 is 0. The van der Waals surface area contributed by atoms with Gasteiger partial charge in [-0.25, -0.2) is 0 Å². The molecule has 0 spiro atoms. The van der Waals surface area contributed by atoms with Crippen molar-refractivity contribution >= 4 is 38.6 Å². The molecule has 200 valence electrons. The Morgan fingerprint density at radius 3 is 1.57 bits per heavy atom. The van der Waals surface area contributed by atoms with Gasteiger partial charge in [-0.2, -0.15) is 0 Å². The summed E-state index contributed by atoms with van der Waals surface area (Å²) in [5, 5.41) is 5.50. The molecule has 1 aliphatic carbocycles. The van der Waals surface area contributed by atoms with E-state index in [0.717, 1.165) is 17.1 Å². The van der Waals surface area contributed by atoms with Crippen LogP contribution in [0.4, 0.5) is 17.1 Å². The maximum Gasteiger partial charge on any atom is 0.0462 e. The van der Waals surface area contributed by atoms with Crippen molar-refractivity contribution in [1.29, 1.82) is 0 Å². The summed E-state index contributed by atoms with van der Waals surface area (Å²) in [7, 11) is 0. The van der Waals surface area contributed by atoms with Crippen molar-refractivity contribution < 1.29 is 0 Å². The van der Waals surface area contributed by atoms with Crippen LogP contribution in [0.25, 0.3) is 43.8 Å². The van der Waals surface area contributed by atoms with Gasteiger partial charge >= 0.3 is 0 Å². The SMILES string of the molecule is CC1(C)c2cccc3ccc4cc(-c5ccc(N(c6ccccc6)c6ccc(-c7ccccc7)cc6)cc5)cc1c4c23. The van der Waals surface area contributed by atoms with E-state index < -0.39 is 0 Å². The molecule has 0 radical (unpaired) electrons. The maximum atomic E-state index is 2.42. The second-order valence-electron chi connectivity index (χ2n) is 11.8. The molecule has 0 unspecified atom stereocenters. The summed E-state index contributed by atoms with van der Waals surface area (Å²) in [6.07, 6.45) is 0. The average Bonchev–Trinajstić information content (AvgIpc) is 3.29. The van der Waals surface area contributed by atoms with Gasteiger partial charge in [0.1, 0.15) is 0 Å². The molecule has 1 aliphatic rings. The van der Waals surface area contributed by atoms with Crippen LogP contribution in [0.15, 0.2) is 152 Å². The van der Waals surface area contributed by atoms with Gasteiger partial charge in [-0.3, -0.25) is 0 Å². The van der Waals surface area contributed by atoms with Gasteiger partial charge in [0.25, 0.3) is 0 Å². The van der Waals surface area contributed by atoms with E-state index in [1.807, 2.05) is 0 Å². The summed E-state index contributed by atoms with van der Waals surface area (Å²) in [6.45, 7) is 4.73. The highest BCUT2D eigenvalue weighted by Gasteiger charge is 2.34. The molecule has 0 aliphatic heterocycles. The van der Waals surface area contributed by atoms with E-state index in [1.54, 1.807) is 0 Å². The topological polar surface area (TPSA) is 3.24 Å². The molecule has 0 fully saturated rings. The van der Waals surface area contributed by atoms with Gasteiger partial charge in [-0.05, 0) is 103 Å². The van der Waals surface area contributed by atoms with E-state index in [4.69, 9.17) is 0 Å². The van der Waals surface area contributed by atoms with Gasteiger partial charge in [0.05, 0.1) is 0 Å². The minimum absolute atomic E-state index is 0.0204. The zero-order valence-corrected chi connectivity index (χ0v) is 23.9. The molecule has 0 N–H and O–H groups in total. The fraction of sp³-hybridized carbons (Fsp3) is 0.0732. The van der Waals surface area contributed by atoms with Crippen molar-refractivity contribution in [3.05, 3.63) is 163 Å². The van der Waals surface area contributed by atoms with Crippen LogP contribution < -0.4 is 4.90 Å². The van der Waals surface area contributed by atoms with E-state index in [-0.39, 0.29) is 5.41 Å². The summed E-state index contributed by atoms with van der Waals surface area (Å²) in [5.74, 6) is 0. The molecule has 1 heteroatoms. The molecule has 7 aromatic carbocycles. The van der Waals surface area contributed by atoms with Crippen LogP contribution in [0.2, 0.25) is 0 Å². The zero-order chi connectivity index (χ0) is 28.3. The fourth-order valence-electron chi connectivity index (χ4n) is 6.83. The Bertz CT molecular complexity index is 2070. The Labute approximate surface area is 247 Å². The number of nitrogens with zero attached hydrogens (tertiary/aromatic N) is 1. The maximum absolute atomic E-state index is 2.42. The third-order valence-electron chi connectivity index (χ3n) is 9.01. The lowest BCUT2D eigenvalue weighted by atomic mass is 9.81. The van der Waals surface area contributed by atoms with E-state index in [1.165, 1.54) is 54.9 Å². The molecule has 0 heterocycles. The summed E-state index contributed by atoms with van der Waals surface area (Å²) < 4.78 is 0. The van der Waals surface area contributed by atoms with Crippen LogP contribution in [0.5, 0.6) is 0 Å². The predicted octanol–water partition coefficient (Wildman–Crippen LogP) is 11.4. The Kier molecular flexibility index (Phi) is 5.55. The second kappa shape index (κ2) is 9.46. The predicted molar refractivity (Wildman–Crippen MR) is 179 cm³/mol. The lowest BCUT2D eigenvalue weighted by Gasteiger charge is -2.26. The number of anilines is 3. The highest BCUT2D eigenvalue weighted by molar-refractivity contribution is 6.15. The van der Waals surface area contributed by atoms with Crippen molar-refractivity contribution in [2.24, 2.45) is 0 Å².